The minimum absolute atomic E-state index is 0.154. The lowest BCUT2D eigenvalue weighted by molar-refractivity contribution is -0.183. The number of hydrogen-bond donors (Lipinski definition) is 1. The first-order chi connectivity index (χ1) is 17.2. The number of ether oxygens (including phenoxy) is 4. The summed E-state index contributed by atoms with van der Waals surface area (Å²) in [6, 6.07) is 13.6. The third-order valence-corrected chi connectivity index (χ3v) is 7.33. The highest BCUT2D eigenvalue weighted by Gasteiger charge is 2.58. The Kier molecular flexibility index (Phi) is 7.39. The van der Waals surface area contributed by atoms with Gasteiger partial charge in [-0.25, -0.2) is 4.39 Å². The van der Waals surface area contributed by atoms with E-state index in [4.69, 9.17) is 30.5 Å². The summed E-state index contributed by atoms with van der Waals surface area (Å²) in [5.74, 6) is -0.726. The first-order valence-electron chi connectivity index (χ1n) is 12.6. The number of hydrogen-bond acceptors (Lipinski definition) is 5. The molecule has 0 bridgehead atoms. The van der Waals surface area contributed by atoms with E-state index in [1.54, 1.807) is 18.2 Å². The minimum atomic E-state index is -1.16. The second-order valence-corrected chi connectivity index (χ2v) is 11.0. The van der Waals surface area contributed by atoms with Crippen LogP contribution in [0.25, 0.3) is 0 Å². The van der Waals surface area contributed by atoms with E-state index in [1.165, 1.54) is 12.1 Å². The second-order valence-electron chi connectivity index (χ2n) is 10.6. The number of rotatable bonds is 9. The van der Waals surface area contributed by atoms with Crippen LogP contribution >= 0.6 is 11.6 Å². The van der Waals surface area contributed by atoms with Gasteiger partial charge in [0, 0.05) is 24.4 Å². The lowest BCUT2D eigenvalue weighted by Gasteiger charge is -2.43. The molecule has 0 aromatic heterocycles. The van der Waals surface area contributed by atoms with Gasteiger partial charge in [-0.15, -0.1) is 0 Å². The predicted molar refractivity (Wildman–Crippen MR) is 133 cm³/mol. The molecule has 1 amide bonds. The smallest absolute Gasteiger partial charge is 0.252 e. The molecule has 3 fully saturated rings. The van der Waals surface area contributed by atoms with Gasteiger partial charge in [-0.3, -0.25) is 4.79 Å². The monoisotopic (exact) mass is 517 g/mol. The van der Waals surface area contributed by atoms with Gasteiger partial charge in [-0.2, -0.15) is 0 Å². The summed E-state index contributed by atoms with van der Waals surface area (Å²) >= 11 is 6.18. The van der Waals surface area contributed by atoms with Crippen molar-refractivity contribution in [2.24, 2.45) is 5.92 Å². The summed E-state index contributed by atoms with van der Waals surface area (Å²) in [6.07, 6.45) is 1.76. The molecule has 1 unspecified atom stereocenters. The van der Waals surface area contributed by atoms with Crippen molar-refractivity contribution >= 4 is 17.5 Å². The van der Waals surface area contributed by atoms with E-state index in [2.05, 4.69) is 5.32 Å². The van der Waals surface area contributed by atoms with Crippen molar-refractivity contribution in [3.05, 3.63) is 70.5 Å². The normalized spacial score (nSPS) is 29.1. The second kappa shape index (κ2) is 10.4. The lowest BCUT2D eigenvalue weighted by Crippen LogP contribution is -2.60. The molecule has 5 rings (SSSR count). The molecule has 0 radical (unpaired) electrons. The van der Waals surface area contributed by atoms with Crippen molar-refractivity contribution in [1.29, 1.82) is 0 Å². The molecule has 1 N–H and O–H groups in total. The van der Waals surface area contributed by atoms with Gasteiger partial charge in [0.25, 0.3) is 5.91 Å². The van der Waals surface area contributed by atoms with Gasteiger partial charge in [0.1, 0.15) is 11.9 Å². The first kappa shape index (κ1) is 25.6. The average Bonchev–Trinajstić information content (AvgIpc) is 3.61. The first-order valence-corrected chi connectivity index (χ1v) is 13.0. The zero-order chi connectivity index (χ0) is 25.3. The number of fused-ring (bicyclic) bond motifs is 1. The SMILES string of the molecule is CC1(C)O[C@@H]2C[C@@](OCc3cccc(Cl)c3)(C(=O)NCC3CC3)CC(OCc3ccc(F)cc3)[C@@H]2O1. The van der Waals surface area contributed by atoms with Gasteiger partial charge >= 0.3 is 0 Å². The molecular formula is C28H33ClFNO5. The van der Waals surface area contributed by atoms with E-state index >= 15 is 0 Å². The predicted octanol–water partition coefficient (Wildman–Crippen LogP) is 5.16. The summed E-state index contributed by atoms with van der Waals surface area (Å²) in [6.45, 7) is 4.85. The molecule has 2 aliphatic carbocycles. The van der Waals surface area contributed by atoms with Crippen LogP contribution in [0.2, 0.25) is 5.02 Å². The molecule has 194 valence electrons. The third kappa shape index (κ3) is 6.09. The molecule has 4 atom stereocenters. The zero-order valence-electron chi connectivity index (χ0n) is 20.7. The van der Waals surface area contributed by atoms with Crippen molar-refractivity contribution in [2.45, 2.75) is 82.4 Å². The Morgan fingerprint density at radius 3 is 2.58 bits per heavy atom. The van der Waals surface area contributed by atoms with Crippen LogP contribution in [0.3, 0.4) is 0 Å². The molecule has 36 heavy (non-hydrogen) atoms. The van der Waals surface area contributed by atoms with Gasteiger partial charge in [0.2, 0.25) is 0 Å². The number of carbonyl (C=O) groups excluding carboxylic acids is 1. The van der Waals surface area contributed by atoms with Gasteiger partial charge in [0.15, 0.2) is 11.4 Å². The fraction of sp³-hybridized carbons (Fsp3) is 0.536. The van der Waals surface area contributed by atoms with Crippen molar-refractivity contribution in [3.63, 3.8) is 0 Å². The Balaban J connectivity index is 1.39. The van der Waals surface area contributed by atoms with Crippen LogP contribution in [0.4, 0.5) is 4.39 Å². The molecular weight excluding hydrogens is 485 g/mol. The molecule has 2 saturated carbocycles. The summed E-state index contributed by atoms with van der Waals surface area (Å²) in [4.78, 5) is 13.7. The third-order valence-electron chi connectivity index (χ3n) is 7.09. The Morgan fingerprint density at radius 1 is 1.08 bits per heavy atom. The van der Waals surface area contributed by atoms with Crippen molar-refractivity contribution in [1.82, 2.24) is 5.32 Å². The number of nitrogens with one attached hydrogen (secondary N) is 1. The van der Waals surface area contributed by atoms with E-state index in [1.807, 2.05) is 32.0 Å². The summed E-state index contributed by atoms with van der Waals surface area (Å²) in [7, 11) is 0. The highest BCUT2D eigenvalue weighted by molar-refractivity contribution is 6.30. The van der Waals surface area contributed by atoms with Crippen molar-refractivity contribution < 1.29 is 28.1 Å². The maximum absolute atomic E-state index is 13.7. The molecule has 1 aliphatic heterocycles. The molecule has 6 nitrogen and oxygen atoms in total. The van der Waals surface area contributed by atoms with Crippen LogP contribution in [0.1, 0.15) is 50.7 Å². The Hall–Kier alpha value is -2.03. The maximum atomic E-state index is 13.7. The fourth-order valence-electron chi connectivity index (χ4n) is 5.06. The Bertz CT molecular complexity index is 1080. The van der Waals surface area contributed by atoms with E-state index in [9.17, 15) is 9.18 Å². The number of benzene rings is 2. The summed E-state index contributed by atoms with van der Waals surface area (Å²) < 4.78 is 38.6. The summed E-state index contributed by atoms with van der Waals surface area (Å²) in [5, 5.41) is 3.73. The molecule has 1 heterocycles. The maximum Gasteiger partial charge on any atom is 0.252 e. The van der Waals surface area contributed by atoms with Crippen LogP contribution in [0, 0.1) is 11.7 Å². The van der Waals surface area contributed by atoms with Crippen LogP contribution in [-0.4, -0.2) is 42.2 Å². The Morgan fingerprint density at radius 2 is 1.86 bits per heavy atom. The van der Waals surface area contributed by atoms with Crippen molar-refractivity contribution in [3.8, 4) is 0 Å². The summed E-state index contributed by atoms with van der Waals surface area (Å²) in [5.41, 5.74) is 0.558. The topological polar surface area (TPSA) is 66.0 Å². The van der Waals surface area contributed by atoms with Crippen LogP contribution < -0.4 is 5.32 Å². The quantitative estimate of drug-likeness (QED) is 0.497. The van der Waals surface area contributed by atoms with Crippen LogP contribution in [0.15, 0.2) is 48.5 Å². The van der Waals surface area contributed by atoms with Gasteiger partial charge in [-0.1, -0.05) is 35.9 Å². The molecule has 1 saturated heterocycles. The zero-order valence-corrected chi connectivity index (χ0v) is 21.4. The number of halogens is 2. The van der Waals surface area contributed by atoms with Gasteiger partial charge in [0.05, 0.1) is 25.4 Å². The van der Waals surface area contributed by atoms with Crippen molar-refractivity contribution in [2.75, 3.05) is 6.54 Å². The molecule has 8 heteroatoms. The lowest BCUT2D eigenvalue weighted by atomic mass is 9.78. The minimum Gasteiger partial charge on any atom is -0.371 e. The Labute approximate surface area is 216 Å². The van der Waals surface area contributed by atoms with E-state index in [-0.39, 0.29) is 37.1 Å². The number of amides is 1. The van der Waals surface area contributed by atoms with Gasteiger partial charge in [-0.05, 0) is 68.0 Å². The fourth-order valence-corrected chi connectivity index (χ4v) is 5.27. The number of carbonyl (C=O) groups is 1. The largest absolute Gasteiger partial charge is 0.371 e. The van der Waals surface area contributed by atoms with Crippen LogP contribution in [0.5, 0.6) is 0 Å². The highest BCUT2D eigenvalue weighted by atomic mass is 35.5. The highest BCUT2D eigenvalue weighted by Crippen LogP contribution is 2.44. The van der Waals surface area contributed by atoms with E-state index in [0.717, 1.165) is 24.0 Å². The van der Waals surface area contributed by atoms with Crippen LogP contribution in [-0.2, 0) is 37.0 Å². The standard InChI is InChI=1S/C28H33ClFNO5/c1-27(2)35-24-14-28(26(32)31-15-18-6-7-18,34-17-20-4-3-5-21(29)12-20)13-23(25(24)36-27)33-16-19-8-10-22(30)11-9-19/h3-5,8-12,18,23-25H,6-7,13-17H2,1-2H3,(H,31,32)/t23?,24-,25+,28-/m1/s1. The molecule has 2 aromatic carbocycles. The van der Waals surface area contributed by atoms with Gasteiger partial charge < -0.3 is 24.3 Å². The molecule has 2 aromatic rings. The molecule has 0 spiro atoms. The van der Waals surface area contributed by atoms with E-state index in [0.29, 0.717) is 30.3 Å². The van der Waals surface area contributed by atoms with E-state index < -0.39 is 17.5 Å². The average molecular weight is 518 g/mol. The molecule has 3 aliphatic rings.